The third-order valence-electron chi connectivity index (χ3n) is 3.03. The quantitative estimate of drug-likeness (QED) is 0.642. The van der Waals surface area contributed by atoms with Gasteiger partial charge in [-0.25, -0.2) is 0 Å². The summed E-state index contributed by atoms with van der Waals surface area (Å²) in [6.45, 7) is 7.37. The standard InChI is InChI=1S/C15H23NO/c1-3-5-12-16(4-2)13-11-15(17)14-9-7-6-8-10-14/h6-10H,3-5,11-13H2,1-2H3. The maximum atomic E-state index is 11.9. The van der Waals surface area contributed by atoms with Crippen molar-refractivity contribution in [2.45, 2.75) is 33.1 Å². The minimum absolute atomic E-state index is 0.251. The molecule has 0 aliphatic heterocycles. The van der Waals surface area contributed by atoms with E-state index in [4.69, 9.17) is 0 Å². The number of unbranched alkanes of at least 4 members (excludes halogenated alkanes) is 1. The monoisotopic (exact) mass is 233 g/mol. The average molecular weight is 233 g/mol. The van der Waals surface area contributed by atoms with Crippen LogP contribution in [0, 0.1) is 0 Å². The second-order valence-electron chi connectivity index (χ2n) is 4.33. The fourth-order valence-electron chi connectivity index (χ4n) is 1.84. The molecule has 0 saturated heterocycles. The van der Waals surface area contributed by atoms with Crippen LogP contribution in [-0.2, 0) is 0 Å². The fraction of sp³-hybridized carbons (Fsp3) is 0.533. The van der Waals surface area contributed by atoms with Gasteiger partial charge in [-0.15, -0.1) is 0 Å². The first-order valence-corrected chi connectivity index (χ1v) is 6.58. The van der Waals surface area contributed by atoms with Gasteiger partial charge in [-0.3, -0.25) is 4.79 Å². The first-order valence-electron chi connectivity index (χ1n) is 6.58. The average Bonchev–Trinajstić information content (AvgIpc) is 2.39. The summed E-state index contributed by atoms with van der Waals surface area (Å²) in [5, 5.41) is 0. The minimum atomic E-state index is 0.251. The Hall–Kier alpha value is -1.15. The van der Waals surface area contributed by atoms with E-state index in [1.165, 1.54) is 12.8 Å². The third kappa shape index (κ3) is 5.14. The van der Waals surface area contributed by atoms with Gasteiger partial charge in [0.2, 0.25) is 0 Å². The van der Waals surface area contributed by atoms with E-state index in [1.54, 1.807) is 0 Å². The molecule has 0 radical (unpaired) electrons. The maximum absolute atomic E-state index is 11.9. The molecule has 0 amide bonds. The zero-order chi connectivity index (χ0) is 12.5. The molecule has 0 N–H and O–H groups in total. The molecule has 1 aromatic rings. The highest BCUT2D eigenvalue weighted by molar-refractivity contribution is 5.96. The summed E-state index contributed by atoms with van der Waals surface area (Å²) >= 11 is 0. The van der Waals surface area contributed by atoms with Crippen molar-refractivity contribution in [2.75, 3.05) is 19.6 Å². The van der Waals surface area contributed by atoms with Gasteiger partial charge in [-0.05, 0) is 19.5 Å². The smallest absolute Gasteiger partial charge is 0.164 e. The summed E-state index contributed by atoms with van der Waals surface area (Å²) in [4.78, 5) is 14.3. The SMILES string of the molecule is CCCCN(CC)CCC(=O)c1ccccc1. The number of carbonyl (C=O) groups is 1. The molecule has 0 saturated carbocycles. The van der Waals surface area contributed by atoms with Crippen molar-refractivity contribution in [3.05, 3.63) is 35.9 Å². The van der Waals surface area contributed by atoms with E-state index in [2.05, 4.69) is 18.7 Å². The Morgan fingerprint density at radius 3 is 2.41 bits per heavy atom. The van der Waals surface area contributed by atoms with Crippen LogP contribution < -0.4 is 0 Å². The second kappa shape index (κ2) is 8.02. The van der Waals surface area contributed by atoms with E-state index < -0.39 is 0 Å². The molecule has 0 atom stereocenters. The molecule has 0 aromatic heterocycles. The van der Waals surface area contributed by atoms with Crippen LogP contribution in [0.1, 0.15) is 43.5 Å². The molecule has 0 spiro atoms. The summed E-state index contributed by atoms with van der Waals surface area (Å²) in [6.07, 6.45) is 3.05. The largest absolute Gasteiger partial charge is 0.303 e. The van der Waals surface area contributed by atoms with E-state index in [1.807, 2.05) is 30.3 Å². The number of nitrogens with zero attached hydrogens (tertiary/aromatic N) is 1. The van der Waals surface area contributed by atoms with Gasteiger partial charge in [0.25, 0.3) is 0 Å². The van der Waals surface area contributed by atoms with Crippen LogP contribution in [-0.4, -0.2) is 30.3 Å². The van der Waals surface area contributed by atoms with Crippen molar-refractivity contribution >= 4 is 5.78 Å². The van der Waals surface area contributed by atoms with E-state index in [0.717, 1.165) is 25.2 Å². The summed E-state index contributed by atoms with van der Waals surface area (Å²) < 4.78 is 0. The van der Waals surface area contributed by atoms with Gasteiger partial charge in [0.15, 0.2) is 5.78 Å². The molecule has 1 aromatic carbocycles. The number of hydrogen-bond donors (Lipinski definition) is 0. The minimum Gasteiger partial charge on any atom is -0.303 e. The summed E-state index contributed by atoms with van der Waals surface area (Å²) in [5.41, 5.74) is 0.832. The lowest BCUT2D eigenvalue weighted by Crippen LogP contribution is -2.27. The summed E-state index contributed by atoms with van der Waals surface area (Å²) in [6, 6.07) is 9.56. The Kier molecular flexibility index (Phi) is 6.56. The Morgan fingerprint density at radius 2 is 1.82 bits per heavy atom. The van der Waals surface area contributed by atoms with Crippen molar-refractivity contribution < 1.29 is 4.79 Å². The van der Waals surface area contributed by atoms with Crippen molar-refractivity contribution in [3.63, 3.8) is 0 Å². The predicted octanol–water partition coefficient (Wildman–Crippen LogP) is 3.38. The highest BCUT2D eigenvalue weighted by Crippen LogP contribution is 2.04. The normalized spacial score (nSPS) is 10.8. The number of ketones is 1. The molecule has 0 unspecified atom stereocenters. The molecule has 0 aliphatic rings. The molecule has 0 bridgehead atoms. The highest BCUT2D eigenvalue weighted by atomic mass is 16.1. The van der Waals surface area contributed by atoms with Crippen molar-refractivity contribution in [1.82, 2.24) is 4.90 Å². The van der Waals surface area contributed by atoms with Crippen molar-refractivity contribution in [1.29, 1.82) is 0 Å². The van der Waals surface area contributed by atoms with Gasteiger partial charge in [0.05, 0.1) is 0 Å². The van der Waals surface area contributed by atoms with Crippen LogP contribution in [0.5, 0.6) is 0 Å². The highest BCUT2D eigenvalue weighted by Gasteiger charge is 2.07. The Labute approximate surface area is 105 Å². The molecule has 0 heterocycles. The van der Waals surface area contributed by atoms with Gasteiger partial charge >= 0.3 is 0 Å². The zero-order valence-electron chi connectivity index (χ0n) is 11.0. The molecule has 94 valence electrons. The number of Topliss-reactive ketones (excluding diaryl/α,β-unsaturated/α-hetero) is 1. The Morgan fingerprint density at radius 1 is 1.12 bits per heavy atom. The summed E-state index contributed by atoms with van der Waals surface area (Å²) in [7, 11) is 0. The van der Waals surface area contributed by atoms with E-state index in [0.29, 0.717) is 6.42 Å². The van der Waals surface area contributed by atoms with Crippen LogP contribution in [0.2, 0.25) is 0 Å². The fourth-order valence-corrected chi connectivity index (χ4v) is 1.84. The number of carbonyl (C=O) groups excluding carboxylic acids is 1. The van der Waals surface area contributed by atoms with Crippen molar-refractivity contribution in [3.8, 4) is 0 Å². The van der Waals surface area contributed by atoms with Crippen LogP contribution in [0.15, 0.2) is 30.3 Å². The number of rotatable bonds is 8. The topological polar surface area (TPSA) is 20.3 Å². The van der Waals surface area contributed by atoms with Crippen LogP contribution in [0.4, 0.5) is 0 Å². The first kappa shape index (κ1) is 13.9. The van der Waals surface area contributed by atoms with Gasteiger partial charge in [-0.2, -0.15) is 0 Å². The zero-order valence-corrected chi connectivity index (χ0v) is 11.0. The third-order valence-corrected chi connectivity index (χ3v) is 3.03. The van der Waals surface area contributed by atoms with Crippen molar-refractivity contribution in [2.24, 2.45) is 0 Å². The lowest BCUT2D eigenvalue weighted by atomic mass is 10.1. The van der Waals surface area contributed by atoms with Gasteiger partial charge in [0.1, 0.15) is 0 Å². The molecular formula is C15H23NO. The lowest BCUT2D eigenvalue weighted by molar-refractivity contribution is 0.0965. The predicted molar refractivity (Wildman–Crippen MR) is 72.4 cm³/mol. The molecule has 2 nitrogen and oxygen atoms in total. The second-order valence-corrected chi connectivity index (χ2v) is 4.33. The van der Waals surface area contributed by atoms with Gasteiger partial charge in [-0.1, -0.05) is 50.6 Å². The van der Waals surface area contributed by atoms with E-state index >= 15 is 0 Å². The molecular weight excluding hydrogens is 210 g/mol. The molecule has 1 rings (SSSR count). The van der Waals surface area contributed by atoms with Crippen LogP contribution in [0.25, 0.3) is 0 Å². The first-order chi connectivity index (χ1) is 8.27. The van der Waals surface area contributed by atoms with E-state index in [-0.39, 0.29) is 5.78 Å². The Bertz CT molecular complexity index is 321. The maximum Gasteiger partial charge on any atom is 0.164 e. The molecule has 2 heteroatoms. The van der Waals surface area contributed by atoms with Crippen LogP contribution >= 0.6 is 0 Å². The van der Waals surface area contributed by atoms with E-state index in [9.17, 15) is 4.79 Å². The number of hydrogen-bond acceptors (Lipinski definition) is 2. The van der Waals surface area contributed by atoms with Gasteiger partial charge < -0.3 is 4.90 Å². The Balaban J connectivity index is 2.36. The number of benzene rings is 1. The van der Waals surface area contributed by atoms with Crippen LogP contribution in [0.3, 0.4) is 0 Å². The lowest BCUT2D eigenvalue weighted by Gasteiger charge is -2.19. The molecule has 0 fully saturated rings. The summed E-state index contributed by atoms with van der Waals surface area (Å²) in [5.74, 6) is 0.251. The van der Waals surface area contributed by atoms with Gasteiger partial charge in [0, 0.05) is 18.5 Å². The molecule has 17 heavy (non-hydrogen) atoms. The molecule has 0 aliphatic carbocycles.